The molecule has 28 heavy (non-hydrogen) atoms. The van der Waals surface area contributed by atoms with Crippen molar-refractivity contribution in [2.75, 3.05) is 32.7 Å². The number of carbonyl (C=O) groups is 1. The highest BCUT2D eigenvalue weighted by atomic mass is 35.5. The van der Waals surface area contributed by atoms with Crippen molar-refractivity contribution in [1.82, 2.24) is 24.6 Å². The van der Waals surface area contributed by atoms with E-state index in [0.717, 1.165) is 57.8 Å². The molecular formula is C21H28ClN5O. The van der Waals surface area contributed by atoms with Crippen LogP contribution in [-0.4, -0.2) is 63.2 Å². The lowest BCUT2D eigenvalue weighted by molar-refractivity contribution is -0.139. The van der Waals surface area contributed by atoms with Crippen molar-refractivity contribution in [3.8, 4) is 0 Å². The van der Waals surface area contributed by atoms with E-state index in [2.05, 4.69) is 19.9 Å². The first-order valence-corrected chi connectivity index (χ1v) is 10.6. The highest BCUT2D eigenvalue weighted by molar-refractivity contribution is 6.30. The molecule has 0 radical (unpaired) electrons. The number of aromatic nitrogens is 3. The van der Waals surface area contributed by atoms with Crippen LogP contribution in [0.4, 0.5) is 0 Å². The van der Waals surface area contributed by atoms with Gasteiger partial charge < -0.3 is 9.80 Å². The molecule has 1 amide bonds. The molecule has 150 valence electrons. The van der Waals surface area contributed by atoms with Gasteiger partial charge in [0.15, 0.2) is 0 Å². The average Bonchev–Trinajstić information content (AvgIpc) is 3.14. The monoisotopic (exact) mass is 401 g/mol. The van der Waals surface area contributed by atoms with Crippen molar-refractivity contribution in [3.05, 3.63) is 47.5 Å². The first-order chi connectivity index (χ1) is 13.6. The molecule has 0 unspecified atom stereocenters. The molecular weight excluding hydrogens is 374 g/mol. The van der Waals surface area contributed by atoms with Crippen LogP contribution < -0.4 is 0 Å². The van der Waals surface area contributed by atoms with Gasteiger partial charge in [0.1, 0.15) is 0 Å². The largest absolute Gasteiger partial charge is 0.342 e. The molecule has 4 heterocycles. The van der Waals surface area contributed by atoms with E-state index in [1.807, 2.05) is 35.3 Å². The van der Waals surface area contributed by atoms with Gasteiger partial charge in [-0.05, 0) is 49.9 Å². The number of piperidine rings is 2. The lowest BCUT2D eigenvalue weighted by Gasteiger charge is -2.47. The number of nitrogens with zero attached hydrogens (tertiary/aromatic N) is 5. The van der Waals surface area contributed by atoms with Crippen LogP contribution in [0, 0.1) is 5.41 Å². The molecule has 0 bridgehead atoms. The van der Waals surface area contributed by atoms with E-state index >= 15 is 0 Å². The number of hydrogen-bond acceptors (Lipinski definition) is 4. The molecule has 2 saturated heterocycles. The molecule has 4 rings (SSSR count). The number of rotatable bonds is 6. The zero-order chi connectivity index (χ0) is 19.4. The van der Waals surface area contributed by atoms with Crippen LogP contribution in [0.25, 0.3) is 0 Å². The van der Waals surface area contributed by atoms with Gasteiger partial charge in [-0.2, -0.15) is 5.10 Å². The van der Waals surface area contributed by atoms with Crippen molar-refractivity contribution in [2.24, 2.45) is 5.41 Å². The minimum Gasteiger partial charge on any atom is -0.342 e. The van der Waals surface area contributed by atoms with Crippen LogP contribution in [0.1, 0.15) is 31.4 Å². The Labute approximate surface area is 171 Å². The summed E-state index contributed by atoms with van der Waals surface area (Å²) in [5.74, 6) is 0.305. The predicted octanol–water partition coefficient (Wildman–Crippen LogP) is 2.88. The molecule has 2 aromatic rings. The first kappa shape index (κ1) is 19.4. The fraction of sp³-hybridized carbons (Fsp3) is 0.571. The van der Waals surface area contributed by atoms with Crippen LogP contribution in [0.2, 0.25) is 5.02 Å². The van der Waals surface area contributed by atoms with Crippen molar-refractivity contribution in [2.45, 2.75) is 38.6 Å². The average molecular weight is 402 g/mol. The second-order valence-electron chi connectivity index (χ2n) is 8.15. The molecule has 6 nitrogen and oxygen atoms in total. The Morgan fingerprint density at radius 1 is 1.11 bits per heavy atom. The van der Waals surface area contributed by atoms with E-state index in [0.29, 0.717) is 22.8 Å². The number of halogens is 1. The summed E-state index contributed by atoms with van der Waals surface area (Å²) in [6, 6.07) is 5.98. The molecule has 0 saturated carbocycles. The SMILES string of the molecule is O=C1CCC2(CCN(CCn3cc(Cl)cn3)CC2)CN1CCc1ccccn1. The third-order valence-electron chi connectivity index (χ3n) is 6.28. The Balaban J connectivity index is 1.27. The zero-order valence-corrected chi connectivity index (χ0v) is 17.0. The smallest absolute Gasteiger partial charge is 0.222 e. The van der Waals surface area contributed by atoms with E-state index < -0.39 is 0 Å². The summed E-state index contributed by atoms with van der Waals surface area (Å²) >= 11 is 5.94. The molecule has 1 spiro atoms. The Bertz CT molecular complexity index is 785. The van der Waals surface area contributed by atoms with Gasteiger partial charge in [-0.25, -0.2) is 0 Å². The van der Waals surface area contributed by atoms with Crippen LogP contribution in [0.3, 0.4) is 0 Å². The van der Waals surface area contributed by atoms with Gasteiger partial charge in [-0.3, -0.25) is 14.5 Å². The van der Waals surface area contributed by atoms with Crippen molar-refractivity contribution >= 4 is 17.5 Å². The number of likely N-dealkylation sites (tertiary alicyclic amines) is 2. The Morgan fingerprint density at radius 2 is 1.96 bits per heavy atom. The molecule has 0 aromatic carbocycles. The van der Waals surface area contributed by atoms with Gasteiger partial charge in [-0.15, -0.1) is 0 Å². The molecule has 7 heteroatoms. The zero-order valence-electron chi connectivity index (χ0n) is 16.3. The fourth-order valence-corrected chi connectivity index (χ4v) is 4.62. The summed E-state index contributed by atoms with van der Waals surface area (Å²) in [4.78, 5) is 21.4. The third kappa shape index (κ3) is 4.73. The van der Waals surface area contributed by atoms with Gasteiger partial charge in [0.2, 0.25) is 5.91 Å². The Kier molecular flexibility index (Phi) is 5.97. The highest BCUT2D eigenvalue weighted by Crippen LogP contribution is 2.40. The maximum absolute atomic E-state index is 12.4. The topological polar surface area (TPSA) is 54.3 Å². The first-order valence-electron chi connectivity index (χ1n) is 10.2. The summed E-state index contributed by atoms with van der Waals surface area (Å²) in [6.07, 6.45) is 10.3. The molecule has 2 aromatic heterocycles. The number of hydrogen-bond donors (Lipinski definition) is 0. The summed E-state index contributed by atoms with van der Waals surface area (Å²) in [6.45, 7) is 5.74. The molecule has 0 aliphatic carbocycles. The van der Waals surface area contributed by atoms with Crippen molar-refractivity contribution in [1.29, 1.82) is 0 Å². The molecule has 0 N–H and O–H groups in total. The maximum Gasteiger partial charge on any atom is 0.222 e. The van der Waals surface area contributed by atoms with Crippen LogP contribution in [-0.2, 0) is 17.8 Å². The van der Waals surface area contributed by atoms with E-state index in [1.54, 1.807) is 6.20 Å². The lowest BCUT2D eigenvalue weighted by Crippen LogP contribution is -2.52. The minimum atomic E-state index is 0.295. The molecule has 0 atom stereocenters. The van der Waals surface area contributed by atoms with Gasteiger partial charge in [0, 0.05) is 50.6 Å². The predicted molar refractivity (Wildman–Crippen MR) is 109 cm³/mol. The Hall–Kier alpha value is -1.92. The second-order valence-corrected chi connectivity index (χ2v) is 8.59. The van der Waals surface area contributed by atoms with E-state index in [1.165, 1.54) is 12.8 Å². The van der Waals surface area contributed by atoms with Crippen LogP contribution in [0.5, 0.6) is 0 Å². The summed E-state index contributed by atoms with van der Waals surface area (Å²) < 4.78 is 1.91. The minimum absolute atomic E-state index is 0.295. The Morgan fingerprint density at radius 3 is 2.68 bits per heavy atom. The number of amides is 1. The van der Waals surface area contributed by atoms with Crippen LogP contribution in [0.15, 0.2) is 36.8 Å². The van der Waals surface area contributed by atoms with Gasteiger partial charge in [0.05, 0.1) is 17.8 Å². The summed E-state index contributed by atoms with van der Waals surface area (Å²) in [5.41, 5.74) is 1.35. The van der Waals surface area contributed by atoms with Gasteiger partial charge in [-0.1, -0.05) is 17.7 Å². The van der Waals surface area contributed by atoms with Crippen molar-refractivity contribution in [3.63, 3.8) is 0 Å². The molecule has 2 aliphatic rings. The van der Waals surface area contributed by atoms with Crippen LogP contribution >= 0.6 is 11.6 Å². The number of pyridine rings is 1. The van der Waals surface area contributed by atoms with E-state index in [9.17, 15) is 4.79 Å². The third-order valence-corrected chi connectivity index (χ3v) is 6.47. The highest BCUT2D eigenvalue weighted by Gasteiger charge is 2.40. The van der Waals surface area contributed by atoms with E-state index in [4.69, 9.17) is 11.6 Å². The lowest BCUT2D eigenvalue weighted by atomic mass is 9.72. The number of carbonyl (C=O) groups excluding carboxylic acids is 1. The summed E-state index contributed by atoms with van der Waals surface area (Å²) in [7, 11) is 0. The quantitative estimate of drug-likeness (QED) is 0.746. The van der Waals surface area contributed by atoms with Gasteiger partial charge >= 0.3 is 0 Å². The molecule has 2 aliphatic heterocycles. The second kappa shape index (κ2) is 8.62. The van der Waals surface area contributed by atoms with Crippen molar-refractivity contribution < 1.29 is 4.79 Å². The fourth-order valence-electron chi connectivity index (χ4n) is 4.47. The van der Waals surface area contributed by atoms with E-state index in [-0.39, 0.29) is 0 Å². The molecule has 2 fully saturated rings. The maximum atomic E-state index is 12.4. The standard InChI is InChI=1S/C21H28ClN5O/c22-18-15-24-27(16-18)14-13-25-11-7-21(8-12-25)6-4-20(28)26(17-21)10-5-19-3-1-2-9-23-19/h1-3,9,15-16H,4-8,10-14,17H2. The summed E-state index contributed by atoms with van der Waals surface area (Å²) in [5, 5.41) is 4.95. The van der Waals surface area contributed by atoms with Gasteiger partial charge in [0.25, 0.3) is 0 Å². The normalized spacial score (nSPS) is 20.0.